The summed E-state index contributed by atoms with van der Waals surface area (Å²) in [5.41, 5.74) is 1.32. The summed E-state index contributed by atoms with van der Waals surface area (Å²) in [4.78, 5) is 0. The van der Waals surface area contributed by atoms with E-state index in [-0.39, 0.29) is 11.9 Å². The van der Waals surface area contributed by atoms with Crippen molar-refractivity contribution in [1.29, 1.82) is 0 Å². The molecule has 17 heavy (non-hydrogen) atoms. The highest BCUT2D eigenvalue weighted by atomic mass is 19.1. The normalized spacial score (nSPS) is 15.0. The van der Waals surface area contributed by atoms with E-state index in [4.69, 9.17) is 0 Å². The molecular weight excluding hydrogens is 217 g/mol. The number of hydrogen-bond donors (Lipinski definition) is 2. The Bertz CT molecular complexity index is 365. The van der Waals surface area contributed by atoms with Crippen molar-refractivity contribution in [3.05, 3.63) is 35.1 Å². The molecule has 96 valence electrons. The van der Waals surface area contributed by atoms with Crippen molar-refractivity contribution in [3.8, 4) is 0 Å². The molecule has 1 rings (SSSR count). The minimum atomic E-state index is -0.604. The van der Waals surface area contributed by atoms with Gasteiger partial charge in [0.1, 0.15) is 5.82 Å². The van der Waals surface area contributed by atoms with Gasteiger partial charge in [0.05, 0.1) is 6.10 Å². The molecule has 0 spiro atoms. The van der Waals surface area contributed by atoms with Gasteiger partial charge < -0.3 is 10.4 Å². The first-order valence-corrected chi connectivity index (χ1v) is 6.09. The van der Waals surface area contributed by atoms with Crippen LogP contribution in [0.1, 0.15) is 38.0 Å². The third kappa shape index (κ3) is 4.10. The quantitative estimate of drug-likeness (QED) is 0.828. The average Bonchev–Trinajstić information content (AvgIpc) is 2.28. The third-order valence-electron chi connectivity index (χ3n) is 2.85. The Kier molecular flexibility index (Phi) is 5.09. The highest BCUT2D eigenvalue weighted by molar-refractivity contribution is 5.26. The lowest BCUT2D eigenvalue weighted by Gasteiger charge is -2.22. The number of nitrogens with one attached hydrogen (secondary N) is 1. The zero-order chi connectivity index (χ0) is 13.0. The Hall–Kier alpha value is -0.930. The molecule has 0 aliphatic carbocycles. The van der Waals surface area contributed by atoms with Crippen molar-refractivity contribution in [2.45, 2.75) is 39.8 Å². The van der Waals surface area contributed by atoms with Crippen molar-refractivity contribution >= 4 is 0 Å². The number of halogens is 1. The minimum Gasteiger partial charge on any atom is -0.387 e. The molecule has 0 aromatic heterocycles. The van der Waals surface area contributed by atoms with Crippen LogP contribution in [0.3, 0.4) is 0 Å². The van der Waals surface area contributed by atoms with Gasteiger partial charge in [0.25, 0.3) is 0 Å². The first-order valence-electron chi connectivity index (χ1n) is 6.09. The van der Waals surface area contributed by atoms with E-state index < -0.39 is 6.10 Å². The molecule has 2 nitrogen and oxygen atoms in total. The number of aliphatic hydroxyl groups excluding tert-OH is 1. The molecule has 2 atom stereocenters. The van der Waals surface area contributed by atoms with Gasteiger partial charge >= 0.3 is 0 Å². The standard InChI is InChI=1S/C14H22FNO/c1-9(2)8-16-11(4)14(17)12-5-6-13(15)10(3)7-12/h5-7,9,11,14,16-17H,8H2,1-4H3. The largest absolute Gasteiger partial charge is 0.387 e. The Balaban J connectivity index is 2.67. The zero-order valence-corrected chi connectivity index (χ0v) is 11.0. The number of hydrogen-bond acceptors (Lipinski definition) is 2. The van der Waals surface area contributed by atoms with Gasteiger partial charge in [-0.1, -0.05) is 26.0 Å². The van der Waals surface area contributed by atoms with Gasteiger partial charge in [-0.3, -0.25) is 0 Å². The highest BCUT2D eigenvalue weighted by Crippen LogP contribution is 2.19. The van der Waals surface area contributed by atoms with Gasteiger partial charge in [0.2, 0.25) is 0 Å². The highest BCUT2D eigenvalue weighted by Gasteiger charge is 2.16. The number of aryl methyl sites for hydroxylation is 1. The molecule has 0 radical (unpaired) electrons. The number of aliphatic hydroxyl groups is 1. The molecule has 0 aliphatic heterocycles. The summed E-state index contributed by atoms with van der Waals surface area (Å²) >= 11 is 0. The van der Waals surface area contributed by atoms with Crippen molar-refractivity contribution in [2.75, 3.05) is 6.54 Å². The van der Waals surface area contributed by atoms with Gasteiger partial charge in [-0.05, 0) is 43.5 Å². The van der Waals surface area contributed by atoms with Crippen molar-refractivity contribution < 1.29 is 9.50 Å². The lowest BCUT2D eigenvalue weighted by Crippen LogP contribution is -2.34. The van der Waals surface area contributed by atoms with Crippen LogP contribution in [-0.2, 0) is 0 Å². The zero-order valence-electron chi connectivity index (χ0n) is 11.0. The lowest BCUT2D eigenvalue weighted by atomic mass is 10.0. The van der Waals surface area contributed by atoms with E-state index >= 15 is 0 Å². The Morgan fingerprint density at radius 3 is 2.47 bits per heavy atom. The van der Waals surface area contributed by atoms with Gasteiger partial charge in [0, 0.05) is 6.04 Å². The molecule has 0 aliphatic rings. The van der Waals surface area contributed by atoms with Gasteiger partial charge in [0.15, 0.2) is 0 Å². The lowest BCUT2D eigenvalue weighted by molar-refractivity contribution is 0.134. The van der Waals surface area contributed by atoms with Crippen molar-refractivity contribution in [1.82, 2.24) is 5.32 Å². The Morgan fingerprint density at radius 1 is 1.29 bits per heavy atom. The van der Waals surface area contributed by atoms with Crippen LogP contribution in [0.15, 0.2) is 18.2 Å². The van der Waals surface area contributed by atoms with Gasteiger partial charge in [-0.15, -0.1) is 0 Å². The first kappa shape index (κ1) is 14.1. The van der Waals surface area contributed by atoms with E-state index in [1.807, 2.05) is 6.92 Å². The molecule has 0 saturated carbocycles. The van der Waals surface area contributed by atoms with E-state index in [1.54, 1.807) is 19.1 Å². The summed E-state index contributed by atoms with van der Waals surface area (Å²) in [5.74, 6) is 0.309. The van der Waals surface area contributed by atoms with Gasteiger partial charge in [-0.2, -0.15) is 0 Å². The summed E-state index contributed by atoms with van der Waals surface area (Å²) in [7, 11) is 0. The number of benzene rings is 1. The fourth-order valence-corrected chi connectivity index (χ4v) is 1.67. The molecule has 0 fully saturated rings. The van der Waals surface area contributed by atoms with E-state index in [1.165, 1.54) is 6.07 Å². The topological polar surface area (TPSA) is 32.3 Å². The molecule has 1 aromatic carbocycles. The second-order valence-electron chi connectivity index (χ2n) is 5.04. The number of rotatable bonds is 5. The molecule has 0 saturated heterocycles. The SMILES string of the molecule is Cc1cc(C(O)C(C)NCC(C)C)ccc1F. The van der Waals surface area contributed by atoms with Crippen LogP contribution < -0.4 is 5.32 Å². The van der Waals surface area contributed by atoms with E-state index in [2.05, 4.69) is 19.2 Å². The van der Waals surface area contributed by atoms with Crippen molar-refractivity contribution in [3.63, 3.8) is 0 Å². The van der Waals surface area contributed by atoms with Gasteiger partial charge in [-0.25, -0.2) is 4.39 Å². The predicted octanol–water partition coefficient (Wildman–Crippen LogP) is 2.80. The second kappa shape index (κ2) is 6.12. The second-order valence-corrected chi connectivity index (χ2v) is 5.04. The predicted molar refractivity (Wildman–Crippen MR) is 68.4 cm³/mol. The van der Waals surface area contributed by atoms with Crippen LogP contribution in [0.25, 0.3) is 0 Å². The van der Waals surface area contributed by atoms with Crippen LogP contribution in [0, 0.1) is 18.7 Å². The summed E-state index contributed by atoms with van der Waals surface area (Å²) in [5, 5.41) is 13.4. The molecule has 2 unspecified atom stereocenters. The smallest absolute Gasteiger partial charge is 0.126 e. The monoisotopic (exact) mass is 239 g/mol. The average molecular weight is 239 g/mol. The minimum absolute atomic E-state index is 0.0396. The first-order chi connectivity index (χ1) is 7.91. The maximum atomic E-state index is 13.1. The molecular formula is C14H22FNO. The summed E-state index contributed by atoms with van der Waals surface area (Å²) in [6.45, 7) is 8.74. The fourth-order valence-electron chi connectivity index (χ4n) is 1.67. The molecule has 0 bridgehead atoms. The van der Waals surface area contributed by atoms with E-state index in [9.17, 15) is 9.50 Å². The Morgan fingerprint density at radius 2 is 1.94 bits per heavy atom. The van der Waals surface area contributed by atoms with Crippen molar-refractivity contribution in [2.24, 2.45) is 5.92 Å². The van der Waals surface area contributed by atoms with E-state index in [0.717, 1.165) is 12.1 Å². The Labute approximate surface area is 103 Å². The van der Waals surface area contributed by atoms with Crippen LogP contribution in [0.2, 0.25) is 0 Å². The summed E-state index contributed by atoms with van der Waals surface area (Å²) in [6.07, 6.45) is -0.604. The summed E-state index contributed by atoms with van der Waals surface area (Å²) < 4.78 is 13.1. The third-order valence-corrected chi connectivity index (χ3v) is 2.85. The summed E-state index contributed by atoms with van der Waals surface area (Å²) in [6, 6.07) is 4.71. The van der Waals surface area contributed by atoms with Crippen LogP contribution in [0.4, 0.5) is 4.39 Å². The maximum Gasteiger partial charge on any atom is 0.126 e. The van der Waals surface area contributed by atoms with Crippen LogP contribution in [-0.4, -0.2) is 17.7 Å². The molecule has 2 N–H and O–H groups in total. The maximum absolute atomic E-state index is 13.1. The molecule has 0 amide bonds. The van der Waals surface area contributed by atoms with Crippen LogP contribution in [0.5, 0.6) is 0 Å². The van der Waals surface area contributed by atoms with E-state index in [0.29, 0.717) is 11.5 Å². The molecule has 1 aromatic rings. The fraction of sp³-hybridized carbons (Fsp3) is 0.571. The molecule has 3 heteroatoms. The molecule has 0 heterocycles. The van der Waals surface area contributed by atoms with Crippen LogP contribution >= 0.6 is 0 Å².